The van der Waals surface area contributed by atoms with E-state index in [1.54, 1.807) is 0 Å². The fourth-order valence-corrected chi connectivity index (χ4v) is 3.01. The summed E-state index contributed by atoms with van der Waals surface area (Å²) in [5.41, 5.74) is 10.2. The first-order valence-corrected chi connectivity index (χ1v) is 8.32. The fraction of sp³-hybridized carbons (Fsp3) is 0.174. The predicted molar refractivity (Wildman–Crippen MR) is 103 cm³/mol. The maximum atomic E-state index is 4.13. The minimum Gasteiger partial charge on any atom is -0.265 e. The topological polar surface area (TPSA) is 12.9 Å². The Kier molecular flexibility index (Phi) is 4.61. The fourth-order valence-electron chi connectivity index (χ4n) is 3.01. The van der Waals surface area contributed by atoms with E-state index in [1.165, 1.54) is 44.5 Å². The van der Waals surface area contributed by atoms with Gasteiger partial charge in [0.1, 0.15) is 0 Å². The van der Waals surface area contributed by atoms with Gasteiger partial charge < -0.3 is 0 Å². The van der Waals surface area contributed by atoms with E-state index in [0.717, 1.165) is 0 Å². The van der Waals surface area contributed by atoms with Gasteiger partial charge in [0.05, 0.1) is 0 Å². The highest BCUT2D eigenvalue weighted by Crippen LogP contribution is 2.29. The summed E-state index contributed by atoms with van der Waals surface area (Å²) in [4.78, 5) is 4.13. The van der Waals surface area contributed by atoms with Crippen molar-refractivity contribution in [3.8, 4) is 11.1 Å². The number of allylic oxidation sites excluding steroid dienone is 1. The predicted octanol–water partition coefficient (Wildman–Crippen LogP) is 6.21. The van der Waals surface area contributed by atoms with Crippen LogP contribution in [-0.4, -0.2) is 4.98 Å². The molecule has 0 amide bonds. The van der Waals surface area contributed by atoms with Gasteiger partial charge in [0.2, 0.25) is 0 Å². The molecule has 0 N–H and O–H groups in total. The zero-order chi connectivity index (χ0) is 17.1. The van der Waals surface area contributed by atoms with Crippen LogP contribution in [0.1, 0.15) is 36.1 Å². The first kappa shape index (κ1) is 16.2. The molecule has 3 aromatic rings. The number of nitrogens with zero attached hydrogens (tertiary/aromatic N) is 1. The Morgan fingerprint density at radius 3 is 1.83 bits per heavy atom. The normalized spacial score (nSPS) is 10.5. The molecule has 0 bridgehead atoms. The molecule has 0 radical (unpaired) electrons. The molecule has 1 nitrogen and oxygen atoms in total. The van der Waals surface area contributed by atoms with Crippen LogP contribution in [0.15, 0.2) is 72.6 Å². The van der Waals surface area contributed by atoms with Crippen LogP contribution in [0.3, 0.4) is 0 Å². The summed E-state index contributed by atoms with van der Waals surface area (Å²) < 4.78 is 0. The number of hydrogen-bond acceptors (Lipinski definition) is 1. The van der Waals surface area contributed by atoms with Crippen molar-refractivity contribution >= 4 is 5.57 Å². The molecule has 0 saturated heterocycles. The smallest absolute Gasteiger partial charge is 0.0273 e. The summed E-state index contributed by atoms with van der Waals surface area (Å²) in [6.45, 7) is 8.63. The van der Waals surface area contributed by atoms with Crippen LogP contribution in [0.5, 0.6) is 0 Å². The molecule has 1 heterocycles. The summed E-state index contributed by atoms with van der Waals surface area (Å²) in [5.74, 6) is 0. The first-order valence-electron chi connectivity index (χ1n) is 8.32. The van der Waals surface area contributed by atoms with Crippen LogP contribution >= 0.6 is 0 Å². The van der Waals surface area contributed by atoms with Gasteiger partial charge in [-0.1, -0.05) is 48.0 Å². The molecule has 1 heteroatoms. The summed E-state index contributed by atoms with van der Waals surface area (Å²) in [6, 6.07) is 19.6. The molecule has 0 fully saturated rings. The van der Waals surface area contributed by atoms with Gasteiger partial charge in [0.25, 0.3) is 0 Å². The van der Waals surface area contributed by atoms with Crippen molar-refractivity contribution in [3.63, 3.8) is 0 Å². The van der Waals surface area contributed by atoms with Gasteiger partial charge in [-0.05, 0) is 78.8 Å². The lowest BCUT2D eigenvalue weighted by Gasteiger charge is -2.12. The lowest BCUT2D eigenvalue weighted by Crippen LogP contribution is -1.91. The second-order valence-electron chi connectivity index (χ2n) is 6.49. The molecule has 120 valence electrons. The van der Waals surface area contributed by atoms with Crippen LogP contribution < -0.4 is 0 Å². The van der Waals surface area contributed by atoms with E-state index < -0.39 is 0 Å². The lowest BCUT2D eigenvalue weighted by molar-refractivity contribution is 1.30. The number of hydrogen-bond donors (Lipinski definition) is 0. The Labute approximate surface area is 144 Å². The van der Waals surface area contributed by atoms with Gasteiger partial charge in [-0.2, -0.15) is 0 Å². The van der Waals surface area contributed by atoms with E-state index in [9.17, 15) is 0 Å². The summed E-state index contributed by atoms with van der Waals surface area (Å²) in [7, 11) is 0. The monoisotopic (exact) mass is 313 g/mol. The Bertz CT molecular complexity index is 868. The molecule has 0 saturated carbocycles. The average Bonchev–Trinajstić information content (AvgIpc) is 2.59. The maximum absolute atomic E-state index is 4.13. The second kappa shape index (κ2) is 6.84. The quantitative estimate of drug-likeness (QED) is 0.560. The largest absolute Gasteiger partial charge is 0.265 e. The highest BCUT2D eigenvalue weighted by Gasteiger charge is 2.08. The number of aromatic nitrogens is 1. The second-order valence-corrected chi connectivity index (χ2v) is 6.49. The number of benzene rings is 2. The van der Waals surface area contributed by atoms with E-state index in [2.05, 4.69) is 87.3 Å². The SMILES string of the molecule is CC(C)=C(c1ccncc1)c1ccc(-c2ccc(C)c(C)c2)cc1. The standard InChI is InChI=1S/C23H23N/c1-16(2)23(21-11-13-24-14-12-21)20-9-7-19(8-10-20)22-6-5-17(3)18(4)15-22/h5-15H,1-4H3. The van der Waals surface area contributed by atoms with Crippen molar-refractivity contribution in [1.29, 1.82) is 0 Å². The molecular formula is C23H23N. The molecule has 0 aliphatic carbocycles. The van der Waals surface area contributed by atoms with Gasteiger partial charge in [0.15, 0.2) is 0 Å². The van der Waals surface area contributed by atoms with Crippen molar-refractivity contribution in [2.24, 2.45) is 0 Å². The molecule has 24 heavy (non-hydrogen) atoms. The van der Waals surface area contributed by atoms with Crippen LogP contribution in [0.2, 0.25) is 0 Å². The van der Waals surface area contributed by atoms with Gasteiger partial charge in [-0.3, -0.25) is 4.98 Å². The van der Waals surface area contributed by atoms with E-state index in [1.807, 2.05) is 12.4 Å². The van der Waals surface area contributed by atoms with E-state index in [0.29, 0.717) is 0 Å². The molecule has 0 atom stereocenters. The first-order chi connectivity index (χ1) is 11.6. The lowest BCUT2D eigenvalue weighted by atomic mass is 9.93. The summed E-state index contributed by atoms with van der Waals surface area (Å²) in [5, 5.41) is 0. The zero-order valence-corrected chi connectivity index (χ0v) is 14.8. The average molecular weight is 313 g/mol. The third kappa shape index (κ3) is 3.30. The van der Waals surface area contributed by atoms with Crippen molar-refractivity contribution in [2.45, 2.75) is 27.7 Å². The molecule has 2 aromatic carbocycles. The Balaban J connectivity index is 1.99. The van der Waals surface area contributed by atoms with Crippen LogP contribution in [0.25, 0.3) is 16.7 Å². The molecule has 0 aliphatic heterocycles. The summed E-state index contributed by atoms with van der Waals surface area (Å²) in [6.07, 6.45) is 3.70. The van der Waals surface area contributed by atoms with E-state index in [4.69, 9.17) is 0 Å². The molecule has 3 rings (SSSR count). The molecule has 0 unspecified atom stereocenters. The maximum Gasteiger partial charge on any atom is 0.0273 e. The third-order valence-electron chi connectivity index (χ3n) is 4.48. The molecule has 0 spiro atoms. The molecule has 0 aliphatic rings. The van der Waals surface area contributed by atoms with Crippen molar-refractivity contribution in [2.75, 3.05) is 0 Å². The van der Waals surface area contributed by atoms with Gasteiger partial charge in [-0.15, -0.1) is 0 Å². The summed E-state index contributed by atoms with van der Waals surface area (Å²) >= 11 is 0. The molecule has 1 aromatic heterocycles. The van der Waals surface area contributed by atoms with Crippen molar-refractivity contribution in [1.82, 2.24) is 4.98 Å². The Morgan fingerprint density at radius 1 is 0.667 bits per heavy atom. The highest BCUT2D eigenvalue weighted by molar-refractivity contribution is 5.82. The van der Waals surface area contributed by atoms with Gasteiger partial charge in [-0.25, -0.2) is 0 Å². The van der Waals surface area contributed by atoms with Crippen molar-refractivity contribution < 1.29 is 0 Å². The Morgan fingerprint density at radius 2 is 1.25 bits per heavy atom. The highest BCUT2D eigenvalue weighted by atomic mass is 14.6. The van der Waals surface area contributed by atoms with Gasteiger partial charge >= 0.3 is 0 Å². The van der Waals surface area contributed by atoms with E-state index in [-0.39, 0.29) is 0 Å². The minimum absolute atomic E-state index is 1.21. The number of aryl methyl sites for hydroxylation is 2. The zero-order valence-electron chi connectivity index (χ0n) is 14.8. The Hall–Kier alpha value is -2.67. The molecular weight excluding hydrogens is 290 g/mol. The minimum atomic E-state index is 1.21. The number of rotatable bonds is 3. The number of pyridine rings is 1. The third-order valence-corrected chi connectivity index (χ3v) is 4.48. The van der Waals surface area contributed by atoms with Crippen molar-refractivity contribution in [3.05, 3.63) is 94.8 Å². The van der Waals surface area contributed by atoms with Crippen LogP contribution in [0.4, 0.5) is 0 Å². The van der Waals surface area contributed by atoms with E-state index >= 15 is 0 Å². The van der Waals surface area contributed by atoms with Crippen LogP contribution in [-0.2, 0) is 0 Å². The van der Waals surface area contributed by atoms with Crippen LogP contribution in [0, 0.1) is 13.8 Å². The van der Waals surface area contributed by atoms with Gasteiger partial charge in [0, 0.05) is 12.4 Å².